The third-order valence-corrected chi connectivity index (χ3v) is 5.68. The molecular formula is C23H24N4O6. The average molecular weight is 452 g/mol. The minimum atomic E-state index is -1.52. The molecule has 172 valence electrons. The Kier molecular flexibility index (Phi) is 6.36. The van der Waals surface area contributed by atoms with Crippen molar-refractivity contribution in [3.8, 4) is 0 Å². The number of rotatable bonds is 5. The SMILES string of the molecule is NC1=NC(C(=O)c2ccccc2)=C([C@@H]2O[C@H](CO)[C@@H](O)[C@H]2O)C(N)N1C(=O)c1ccccc1. The van der Waals surface area contributed by atoms with E-state index in [9.17, 15) is 24.9 Å². The maximum atomic E-state index is 13.3. The molecule has 1 saturated heterocycles. The number of aliphatic imine (C=N–C) groups is 1. The van der Waals surface area contributed by atoms with Crippen LogP contribution >= 0.6 is 0 Å². The highest BCUT2D eigenvalue weighted by molar-refractivity contribution is 6.13. The van der Waals surface area contributed by atoms with Gasteiger partial charge in [-0.25, -0.2) is 4.99 Å². The van der Waals surface area contributed by atoms with Gasteiger partial charge in [-0.15, -0.1) is 0 Å². The second-order valence-electron chi connectivity index (χ2n) is 7.71. The number of allylic oxidation sites excluding steroid dienone is 1. The number of nitrogens with zero attached hydrogens (tertiary/aromatic N) is 2. The molecule has 0 aliphatic carbocycles. The van der Waals surface area contributed by atoms with Crippen molar-refractivity contribution in [1.82, 2.24) is 4.90 Å². The quantitative estimate of drug-likeness (QED) is 0.373. The van der Waals surface area contributed by atoms with Gasteiger partial charge in [0.1, 0.15) is 36.3 Å². The molecule has 1 fully saturated rings. The number of hydrogen-bond donors (Lipinski definition) is 5. The lowest BCUT2D eigenvalue weighted by Crippen LogP contribution is -2.58. The number of ether oxygens (including phenoxy) is 1. The van der Waals surface area contributed by atoms with E-state index in [-0.39, 0.29) is 28.4 Å². The minimum Gasteiger partial charge on any atom is -0.394 e. The molecule has 2 aromatic rings. The fourth-order valence-electron chi connectivity index (χ4n) is 3.97. The Morgan fingerprint density at radius 1 is 0.970 bits per heavy atom. The van der Waals surface area contributed by atoms with Crippen LogP contribution in [0.25, 0.3) is 0 Å². The van der Waals surface area contributed by atoms with Crippen molar-refractivity contribution < 1.29 is 29.6 Å². The molecule has 33 heavy (non-hydrogen) atoms. The summed E-state index contributed by atoms with van der Waals surface area (Å²) >= 11 is 0. The average Bonchev–Trinajstić information content (AvgIpc) is 3.12. The highest BCUT2D eigenvalue weighted by Gasteiger charge is 2.49. The number of nitrogens with two attached hydrogens (primary N) is 2. The number of aliphatic hydroxyl groups excluding tert-OH is 3. The van der Waals surface area contributed by atoms with Crippen molar-refractivity contribution in [3.63, 3.8) is 0 Å². The fraction of sp³-hybridized carbons (Fsp3) is 0.261. The number of amides is 1. The number of aliphatic hydroxyl groups is 3. The third kappa shape index (κ3) is 4.06. The molecule has 0 saturated carbocycles. The molecule has 1 amide bonds. The van der Waals surface area contributed by atoms with E-state index >= 15 is 0 Å². The molecule has 10 heteroatoms. The van der Waals surface area contributed by atoms with Gasteiger partial charge in [0.25, 0.3) is 5.91 Å². The lowest BCUT2D eigenvalue weighted by atomic mass is 9.92. The van der Waals surface area contributed by atoms with E-state index in [1.54, 1.807) is 60.7 Å². The van der Waals surface area contributed by atoms with Gasteiger partial charge in [0.2, 0.25) is 11.7 Å². The van der Waals surface area contributed by atoms with Crippen LogP contribution in [0, 0.1) is 0 Å². The summed E-state index contributed by atoms with van der Waals surface area (Å²) < 4.78 is 5.64. The molecule has 4 rings (SSSR count). The van der Waals surface area contributed by atoms with E-state index < -0.39 is 48.9 Å². The summed E-state index contributed by atoms with van der Waals surface area (Å²) in [5.74, 6) is -1.42. The van der Waals surface area contributed by atoms with Crippen LogP contribution < -0.4 is 11.5 Å². The maximum absolute atomic E-state index is 13.3. The van der Waals surface area contributed by atoms with Crippen LogP contribution in [0.2, 0.25) is 0 Å². The zero-order chi connectivity index (χ0) is 23.7. The molecule has 0 spiro atoms. The van der Waals surface area contributed by atoms with Crippen molar-refractivity contribution in [2.75, 3.05) is 6.61 Å². The van der Waals surface area contributed by atoms with Crippen molar-refractivity contribution in [3.05, 3.63) is 83.1 Å². The highest BCUT2D eigenvalue weighted by atomic mass is 16.6. The summed E-state index contributed by atoms with van der Waals surface area (Å²) in [6, 6.07) is 16.4. The second-order valence-corrected chi connectivity index (χ2v) is 7.71. The molecule has 2 aliphatic heterocycles. The smallest absolute Gasteiger partial charge is 0.262 e. The lowest BCUT2D eigenvalue weighted by molar-refractivity contribution is -0.0159. The number of Topliss-reactive ketones (excluding diaryl/α,β-unsaturated/α-hetero) is 1. The van der Waals surface area contributed by atoms with Gasteiger partial charge in [-0.3, -0.25) is 14.5 Å². The van der Waals surface area contributed by atoms with Gasteiger partial charge in [-0.1, -0.05) is 48.5 Å². The molecule has 7 N–H and O–H groups in total. The molecule has 5 atom stereocenters. The Morgan fingerprint density at radius 2 is 1.55 bits per heavy atom. The minimum absolute atomic E-state index is 0.0233. The van der Waals surface area contributed by atoms with Gasteiger partial charge >= 0.3 is 0 Å². The molecule has 0 bridgehead atoms. The summed E-state index contributed by atoms with van der Waals surface area (Å²) in [5, 5.41) is 30.4. The first-order valence-corrected chi connectivity index (χ1v) is 10.3. The van der Waals surface area contributed by atoms with Gasteiger partial charge in [-0.2, -0.15) is 0 Å². The summed E-state index contributed by atoms with van der Waals surface area (Å²) in [6.07, 6.45) is -6.71. The van der Waals surface area contributed by atoms with Crippen LogP contribution in [-0.2, 0) is 4.74 Å². The van der Waals surface area contributed by atoms with Crippen molar-refractivity contribution >= 4 is 17.6 Å². The normalized spacial score (nSPS) is 27.5. The van der Waals surface area contributed by atoms with E-state index in [4.69, 9.17) is 16.2 Å². The molecular weight excluding hydrogens is 428 g/mol. The van der Waals surface area contributed by atoms with Crippen LogP contribution in [0.1, 0.15) is 20.7 Å². The van der Waals surface area contributed by atoms with E-state index in [2.05, 4.69) is 4.99 Å². The number of guanidine groups is 1. The molecule has 10 nitrogen and oxygen atoms in total. The van der Waals surface area contributed by atoms with Gasteiger partial charge < -0.3 is 31.5 Å². The topological polar surface area (TPSA) is 172 Å². The summed E-state index contributed by atoms with van der Waals surface area (Å²) in [7, 11) is 0. The third-order valence-electron chi connectivity index (χ3n) is 5.68. The zero-order valence-electron chi connectivity index (χ0n) is 17.5. The van der Waals surface area contributed by atoms with Gasteiger partial charge in [0, 0.05) is 16.7 Å². The van der Waals surface area contributed by atoms with Crippen molar-refractivity contribution in [2.24, 2.45) is 16.5 Å². The van der Waals surface area contributed by atoms with Crippen LogP contribution in [-0.4, -0.2) is 75.1 Å². The van der Waals surface area contributed by atoms with Crippen LogP contribution in [0.4, 0.5) is 0 Å². The first-order chi connectivity index (χ1) is 15.8. The van der Waals surface area contributed by atoms with Gasteiger partial charge in [0.15, 0.2) is 0 Å². The van der Waals surface area contributed by atoms with Crippen LogP contribution in [0.3, 0.4) is 0 Å². The predicted molar refractivity (Wildman–Crippen MR) is 118 cm³/mol. The first kappa shape index (κ1) is 22.8. The number of benzene rings is 2. The predicted octanol–water partition coefficient (Wildman–Crippen LogP) is -0.640. The van der Waals surface area contributed by atoms with Crippen molar-refractivity contribution in [2.45, 2.75) is 30.6 Å². The van der Waals surface area contributed by atoms with E-state index in [1.807, 2.05) is 0 Å². The molecule has 2 aromatic carbocycles. The molecule has 2 aliphatic rings. The number of ketones is 1. The largest absolute Gasteiger partial charge is 0.394 e. The summed E-state index contributed by atoms with van der Waals surface area (Å²) in [6.45, 7) is -0.572. The Hall–Kier alpha value is -3.41. The van der Waals surface area contributed by atoms with Crippen LogP contribution in [0.5, 0.6) is 0 Å². The zero-order valence-corrected chi connectivity index (χ0v) is 17.5. The number of hydrogen-bond acceptors (Lipinski definition) is 9. The Morgan fingerprint density at radius 3 is 2.09 bits per heavy atom. The van der Waals surface area contributed by atoms with Gasteiger partial charge in [-0.05, 0) is 12.1 Å². The van der Waals surface area contributed by atoms with E-state index in [1.165, 1.54) is 0 Å². The molecule has 0 radical (unpaired) electrons. The fourth-order valence-corrected chi connectivity index (χ4v) is 3.97. The van der Waals surface area contributed by atoms with Gasteiger partial charge in [0.05, 0.1) is 6.61 Å². The second kappa shape index (κ2) is 9.22. The van der Waals surface area contributed by atoms with E-state index in [0.717, 1.165) is 4.90 Å². The lowest BCUT2D eigenvalue weighted by Gasteiger charge is -2.36. The van der Waals surface area contributed by atoms with E-state index in [0.29, 0.717) is 0 Å². The number of carbonyl (C=O) groups is 2. The summed E-state index contributed by atoms with van der Waals surface area (Å²) in [4.78, 5) is 31.7. The Balaban J connectivity index is 1.82. The highest BCUT2D eigenvalue weighted by Crippen LogP contribution is 2.34. The standard InChI is InChI=1S/C23H24N4O6/c24-21-15(20-19(31)18(30)14(11-28)33-20)16(17(29)12-7-3-1-4-8-12)26-23(25)27(21)22(32)13-9-5-2-6-10-13/h1-10,14,18-21,28,30-31H,11,24H2,(H2,25,26)/t14-,18-,19-,20+,21?/m1/s1. The summed E-state index contributed by atoms with van der Waals surface area (Å²) in [5.41, 5.74) is 12.9. The monoisotopic (exact) mass is 452 g/mol. The molecule has 1 unspecified atom stereocenters. The molecule has 0 aromatic heterocycles. The maximum Gasteiger partial charge on any atom is 0.262 e. The number of carbonyl (C=O) groups excluding carboxylic acids is 2. The molecule has 2 heterocycles. The van der Waals surface area contributed by atoms with Crippen LogP contribution in [0.15, 0.2) is 76.9 Å². The Labute approximate surface area is 189 Å². The first-order valence-electron chi connectivity index (χ1n) is 10.3. The van der Waals surface area contributed by atoms with Crippen molar-refractivity contribution in [1.29, 1.82) is 0 Å². The Bertz CT molecular complexity index is 1100.